The van der Waals surface area contributed by atoms with E-state index < -0.39 is 5.97 Å². The predicted octanol–water partition coefficient (Wildman–Crippen LogP) is 3.27. The van der Waals surface area contributed by atoms with Crippen LogP contribution in [0.4, 0.5) is 5.69 Å². The minimum absolute atomic E-state index is 0.153. The number of halogens is 1. The molecule has 2 rings (SSSR count). The number of amides is 1. The van der Waals surface area contributed by atoms with Gasteiger partial charge in [0.05, 0.1) is 16.3 Å². The summed E-state index contributed by atoms with van der Waals surface area (Å²) >= 11 is 4.51. The molecule has 0 fully saturated rings. The Kier molecular flexibility index (Phi) is 5.35. The minimum atomic E-state index is -1.02. The van der Waals surface area contributed by atoms with E-state index in [1.807, 2.05) is 12.1 Å². The second-order valence-electron chi connectivity index (χ2n) is 4.04. The van der Waals surface area contributed by atoms with Crippen molar-refractivity contribution in [3.05, 3.63) is 52.6 Å². The summed E-state index contributed by atoms with van der Waals surface area (Å²) in [6, 6.07) is 10.1. The maximum Gasteiger partial charge on any atom is 0.335 e. The third kappa shape index (κ3) is 4.87. The Labute approximate surface area is 133 Å². The summed E-state index contributed by atoms with van der Waals surface area (Å²) in [6.07, 6.45) is 1.41. The standard InChI is InChI=1S/C14H11BrN2O3S/c15-10-2-1-3-11(7-10)17-12(18)8-21-13-6-9(14(19)20)4-5-16-13/h1-7H,8H2,(H,17,18)(H,19,20). The van der Waals surface area contributed by atoms with Crippen LogP contribution >= 0.6 is 27.7 Å². The van der Waals surface area contributed by atoms with Crippen molar-refractivity contribution >= 4 is 45.3 Å². The number of hydrogen-bond acceptors (Lipinski definition) is 4. The molecule has 0 aliphatic carbocycles. The van der Waals surface area contributed by atoms with E-state index >= 15 is 0 Å². The van der Waals surface area contributed by atoms with Crippen molar-refractivity contribution in [2.45, 2.75) is 5.03 Å². The topological polar surface area (TPSA) is 79.3 Å². The van der Waals surface area contributed by atoms with Gasteiger partial charge in [-0.2, -0.15) is 0 Å². The number of pyridine rings is 1. The molecule has 0 unspecified atom stereocenters. The smallest absolute Gasteiger partial charge is 0.335 e. The van der Waals surface area contributed by atoms with Crippen LogP contribution in [0.25, 0.3) is 0 Å². The molecule has 0 aliphatic heterocycles. The van der Waals surface area contributed by atoms with Crippen molar-refractivity contribution in [2.75, 3.05) is 11.1 Å². The van der Waals surface area contributed by atoms with Crippen LogP contribution < -0.4 is 5.32 Å². The number of rotatable bonds is 5. The molecule has 5 nitrogen and oxygen atoms in total. The van der Waals surface area contributed by atoms with E-state index in [0.717, 1.165) is 4.47 Å². The second-order valence-corrected chi connectivity index (χ2v) is 5.95. The molecule has 108 valence electrons. The van der Waals surface area contributed by atoms with Crippen LogP contribution in [0.3, 0.4) is 0 Å². The summed E-state index contributed by atoms with van der Waals surface area (Å²) in [5, 5.41) is 12.1. The summed E-state index contributed by atoms with van der Waals surface area (Å²) < 4.78 is 0.878. The Morgan fingerprint density at radius 3 is 2.81 bits per heavy atom. The number of carboxylic acids is 1. The number of nitrogens with zero attached hydrogens (tertiary/aromatic N) is 1. The van der Waals surface area contributed by atoms with Gasteiger partial charge >= 0.3 is 5.97 Å². The normalized spacial score (nSPS) is 10.1. The summed E-state index contributed by atoms with van der Waals surface area (Å²) in [7, 11) is 0. The highest BCUT2D eigenvalue weighted by Gasteiger charge is 2.08. The number of aromatic carboxylic acids is 1. The first-order chi connectivity index (χ1) is 10.0. The maximum absolute atomic E-state index is 11.8. The lowest BCUT2D eigenvalue weighted by Crippen LogP contribution is -2.14. The van der Waals surface area contributed by atoms with Crippen LogP contribution in [0.1, 0.15) is 10.4 Å². The molecule has 0 atom stereocenters. The Morgan fingerprint density at radius 2 is 2.10 bits per heavy atom. The molecule has 0 saturated carbocycles. The molecular formula is C14H11BrN2O3S. The summed E-state index contributed by atoms with van der Waals surface area (Å²) in [5.41, 5.74) is 0.849. The van der Waals surface area contributed by atoms with Gasteiger partial charge in [-0.25, -0.2) is 9.78 Å². The molecule has 1 aromatic heterocycles. The van der Waals surface area contributed by atoms with Gasteiger partial charge in [-0.1, -0.05) is 33.8 Å². The van der Waals surface area contributed by atoms with Gasteiger partial charge in [0.25, 0.3) is 0 Å². The van der Waals surface area contributed by atoms with Gasteiger partial charge in [-0.15, -0.1) is 0 Å². The van der Waals surface area contributed by atoms with E-state index in [9.17, 15) is 9.59 Å². The molecule has 2 N–H and O–H groups in total. The lowest BCUT2D eigenvalue weighted by molar-refractivity contribution is -0.113. The quantitative estimate of drug-likeness (QED) is 0.793. The lowest BCUT2D eigenvalue weighted by Gasteiger charge is -2.05. The molecule has 1 heterocycles. The van der Waals surface area contributed by atoms with Gasteiger partial charge in [-0.05, 0) is 30.3 Å². The van der Waals surface area contributed by atoms with Crippen LogP contribution in [0.15, 0.2) is 52.1 Å². The number of thioether (sulfide) groups is 1. The molecule has 1 amide bonds. The zero-order valence-corrected chi connectivity index (χ0v) is 13.1. The molecule has 0 saturated heterocycles. The largest absolute Gasteiger partial charge is 0.478 e. The number of anilines is 1. The SMILES string of the molecule is O=C(CSc1cc(C(=O)O)ccn1)Nc1cccc(Br)c1. The Balaban J connectivity index is 1.92. The van der Waals surface area contributed by atoms with Gasteiger partial charge in [0.15, 0.2) is 0 Å². The number of carbonyl (C=O) groups excluding carboxylic acids is 1. The Morgan fingerprint density at radius 1 is 1.29 bits per heavy atom. The molecule has 0 radical (unpaired) electrons. The van der Waals surface area contributed by atoms with Gasteiger partial charge in [0.2, 0.25) is 5.91 Å². The third-order valence-electron chi connectivity index (χ3n) is 2.44. The minimum Gasteiger partial charge on any atom is -0.478 e. The van der Waals surface area contributed by atoms with E-state index in [-0.39, 0.29) is 17.2 Å². The Bertz CT molecular complexity index is 679. The first kappa shape index (κ1) is 15.5. The van der Waals surface area contributed by atoms with E-state index in [4.69, 9.17) is 5.11 Å². The summed E-state index contributed by atoms with van der Waals surface area (Å²) in [4.78, 5) is 26.7. The van der Waals surface area contributed by atoms with Crippen molar-refractivity contribution in [1.29, 1.82) is 0 Å². The highest BCUT2D eigenvalue weighted by Crippen LogP contribution is 2.18. The number of hydrogen-bond donors (Lipinski definition) is 2. The first-order valence-corrected chi connectivity index (χ1v) is 7.70. The van der Waals surface area contributed by atoms with Crippen LogP contribution in [0, 0.1) is 0 Å². The fourth-order valence-electron chi connectivity index (χ4n) is 1.52. The number of aromatic nitrogens is 1. The van der Waals surface area contributed by atoms with E-state index in [1.165, 1.54) is 30.1 Å². The van der Waals surface area contributed by atoms with Gasteiger partial charge in [0.1, 0.15) is 0 Å². The van der Waals surface area contributed by atoms with Crippen LogP contribution in [-0.4, -0.2) is 27.7 Å². The fourth-order valence-corrected chi connectivity index (χ4v) is 2.62. The van der Waals surface area contributed by atoms with Gasteiger partial charge in [-0.3, -0.25) is 4.79 Å². The zero-order valence-electron chi connectivity index (χ0n) is 10.7. The molecule has 7 heteroatoms. The van der Waals surface area contributed by atoms with E-state index in [1.54, 1.807) is 12.1 Å². The molecule has 2 aromatic rings. The number of carbonyl (C=O) groups is 2. The first-order valence-electron chi connectivity index (χ1n) is 5.92. The van der Waals surface area contributed by atoms with Crippen molar-refractivity contribution in [1.82, 2.24) is 4.98 Å². The molecule has 0 bridgehead atoms. The monoisotopic (exact) mass is 366 g/mol. The summed E-state index contributed by atoms with van der Waals surface area (Å²) in [6.45, 7) is 0. The van der Waals surface area contributed by atoms with E-state index in [2.05, 4.69) is 26.2 Å². The summed E-state index contributed by atoms with van der Waals surface area (Å²) in [5.74, 6) is -1.04. The molecule has 0 aliphatic rings. The maximum atomic E-state index is 11.8. The number of carboxylic acid groups (broad SMARTS) is 1. The van der Waals surface area contributed by atoms with Crippen molar-refractivity contribution in [3.63, 3.8) is 0 Å². The lowest BCUT2D eigenvalue weighted by atomic mass is 10.3. The van der Waals surface area contributed by atoms with Crippen LogP contribution in [0.5, 0.6) is 0 Å². The molecular weight excluding hydrogens is 356 g/mol. The third-order valence-corrected chi connectivity index (χ3v) is 3.86. The molecule has 1 aromatic carbocycles. The zero-order chi connectivity index (χ0) is 15.2. The average Bonchev–Trinajstić information content (AvgIpc) is 2.45. The molecule has 21 heavy (non-hydrogen) atoms. The van der Waals surface area contributed by atoms with Gasteiger partial charge < -0.3 is 10.4 Å². The highest BCUT2D eigenvalue weighted by atomic mass is 79.9. The number of benzene rings is 1. The fraction of sp³-hybridized carbons (Fsp3) is 0.0714. The van der Waals surface area contributed by atoms with Gasteiger partial charge in [0, 0.05) is 16.4 Å². The van der Waals surface area contributed by atoms with Crippen molar-refractivity contribution in [3.8, 4) is 0 Å². The van der Waals surface area contributed by atoms with Crippen LogP contribution in [0.2, 0.25) is 0 Å². The van der Waals surface area contributed by atoms with E-state index in [0.29, 0.717) is 10.7 Å². The Hall–Kier alpha value is -1.86. The van der Waals surface area contributed by atoms with Crippen LogP contribution in [-0.2, 0) is 4.79 Å². The number of nitrogens with one attached hydrogen (secondary N) is 1. The second kappa shape index (κ2) is 7.24. The van der Waals surface area contributed by atoms with Crippen molar-refractivity contribution in [2.24, 2.45) is 0 Å². The average molecular weight is 367 g/mol. The highest BCUT2D eigenvalue weighted by molar-refractivity contribution is 9.10. The molecule has 0 spiro atoms. The van der Waals surface area contributed by atoms with Crippen molar-refractivity contribution < 1.29 is 14.7 Å². The predicted molar refractivity (Wildman–Crippen MR) is 84.7 cm³/mol.